The fourth-order valence-electron chi connectivity index (χ4n) is 4.95. The van der Waals surface area contributed by atoms with Crippen molar-refractivity contribution in [2.24, 2.45) is 0 Å². The summed E-state index contributed by atoms with van der Waals surface area (Å²) < 4.78 is 6.66. The number of aryl methyl sites for hydroxylation is 2. The number of hydrogen-bond donors (Lipinski definition) is 0. The van der Waals surface area contributed by atoms with Crippen LogP contribution in [0.25, 0.3) is 10.2 Å². The molecular weight excluding hydrogens is 470 g/mol. The van der Waals surface area contributed by atoms with E-state index in [4.69, 9.17) is 9.72 Å². The molecule has 9 heteroatoms. The maximum Gasteiger partial charge on any atom is 0.328 e. The van der Waals surface area contributed by atoms with Crippen molar-refractivity contribution in [3.63, 3.8) is 0 Å². The molecule has 1 aromatic carbocycles. The van der Waals surface area contributed by atoms with E-state index in [0.717, 1.165) is 47.0 Å². The minimum absolute atomic E-state index is 0.0128. The van der Waals surface area contributed by atoms with E-state index >= 15 is 0 Å². The first-order valence-electron chi connectivity index (χ1n) is 11.6. The molecule has 1 amide bonds. The molecule has 2 aliphatic rings. The van der Waals surface area contributed by atoms with Crippen molar-refractivity contribution in [3.05, 3.63) is 56.2 Å². The van der Waals surface area contributed by atoms with Gasteiger partial charge < -0.3 is 9.64 Å². The first kappa shape index (κ1) is 23.1. The zero-order valence-electron chi connectivity index (χ0n) is 19.3. The molecule has 0 spiro atoms. The summed E-state index contributed by atoms with van der Waals surface area (Å²) in [6.07, 6.45) is 4.64. The number of carbonyl (C=O) groups is 2. The summed E-state index contributed by atoms with van der Waals surface area (Å²) in [5, 5.41) is 1.31. The van der Waals surface area contributed by atoms with Gasteiger partial charge in [-0.05, 0) is 49.3 Å². The van der Waals surface area contributed by atoms with Gasteiger partial charge in [-0.15, -0.1) is 11.3 Å². The minimum atomic E-state index is -0.652. The van der Waals surface area contributed by atoms with Crippen molar-refractivity contribution in [1.82, 2.24) is 14.5 Å². The third-order valence-corrected chi connectivity index (χ3v) is 8.87. The summed E-state index contributed by atoms with van der Waals surface area (Å²) >= 11 is 2.88. The van der Waals surface area contributed by atoms with Crippen LogP contribution in [0.3, 0.4) is 0 Å². The van der Waals surface area contributed by atoms with Crippen molar-refractivity contribution >= 4 is 45.2 Å². The number of fused-ring (bicyclic) bond motifs is 4. The second-order valence-electron chi connectivity index (χ2n) is 8.66. The van der Waals surface area contributed by atoms with Crippen molar-refractivity contribution < 1.29 is 14.3 Å². The molecule has 7 nitrogen and oxygen atoms in total. The number of nitrogens with zero attached hydrogens (tertiary/aromatic N) is 3. The normalized spacial score (nSPS) is 17.4. The molecule has 0 bridgehead atoms. The molecular formula is C25H27N3O4S2. The van der Waals surface area contributed by atoms with Crippen molar-refractivity contribution in [2.75, 3.05) is 12.9 Å². The van der Waals surface area contributed by atoms with Crippen LogP contribution in [0.15, 0.2) is 34.2 Å². The van der Waals surface area contributed by atoms with Crippen molar-refractivity contribution in [1.29, 1.82) is 0 Å². The molecule has 1 atom stereocenters. The van der Waals surface area contributed by atoms with Gasteiger partial charge in [-0.1, -0.05) is 36.0 Å². The van der Waals surface area contributed by atoms with E-state index in [1.165, 1.54) is 29.3 Å². The quantitative estimate of drug-likeness (QED) is 0.305. The van der Waals surface area contributed by atoms with Gasteiger partial charge in [-0.3, -0.25) is 14.2 Å². The van der Waals surface area contributed by atoms with Crippen LogP contribution in [0.4, 0.5) is 0 Å². The number of ether oxygens (including phenoxy) is 1. The lowest BCUT2D eigenvalue weighted by Crippen LogP contribution is -2.49. The van der Waals surface area contributed by atoms with Gasteiger partial charge >= 0.3 is 5.97 Å². The number of thiophene rings is 1. The predicted octanol–water partition coefficient (Wildman–Crippen LogP) is 3.58. The van der Waals surface area contributed by atoms with Crippen LogP contribution in [0, 0.1) is 0 Å². The van der Waals surface area contributed by atoms with Crippen LogP contribution in [-0.4, -0.2) is 45.2 Å². The van der Waals surface area contributed by atoms with Gasteiger partial charge in [0, 0.05) is 24.4 Å². The monoisotopic (exact) mass is 497 g/mol. The molecule has 5 rings (SSSR count). The fraction of sp³-hybridized carbons (Fsp3) is 0.440. The highest BCUT2D eigenvalue weighted by Gasteiger charge is 2.35. The topological polar surface area (TPSA) is 81.5 Å². The van der Waals surface area contributed by atoms with E-state index < -0.39 is 12.0 Å². The van der Waals surface area contributed by atoms with E-state index in [-0.39, 0.29) is 17.2 Å². The van der Waals surface area contributed by atoms with Crippen LogP contribution >= 0.6 is 23.1 Å². The molecule has 178 valence electrons. The first-order valence-corrected chi connectivity index (χ1v) is 13.4. The lowest BCUT2D eigenvalue weighted by molar-refractivity contribution is -0.153. The summed E-state index contributed by atoms with van der Waals surface area (Å²) in [6.45, 7) is 2.78. The molecule has 3 aromatic rings. The molecule has 0 unspecified atom stereocenters. The average Bonchev–Trinajstić information content (AvgIpc) is 3.24. The highest BCUT2D eigenvalue weighted by molar-refractivity contribution is 7.99. The largest absolute Gasteiger partial charge is 0.467 e. The number of rotatable bonds is 5. The van der Waals surface area contributed by atoms with Crippen LogP contribution in [-0.2, 0) is 46.7 Å². The second-order valence-corrected chi connectivity index (χ2v) is 10.7. The number of carbonyl (C=O) groups excluding carboxylic acids is 2. The van der Waals surface area contributed by atoms with Gasteiger partial charge in [0.25, 0.3) is 5.56 Å². The van der Waals surface area contributed by atoms with Gasteiger partial charge in [0.05, 0.1) is 18.2 Å². The Hall–Kier alpha value is -2.65. The van der Waals surface area contributed by atoms with E-state index in [2.05, 4.69) is 0 Å². The molecule has 1 aliphatic heterocycles. The molecule has 1 aliphatic carbocycles. The summed E-state index contributed by atoms with van der Waals surface area (Å²) in [7, 11) is 1.35. The van der Waals surface area contributed by atoms with E-state index in [0.29, 0.717) is 24.7 Å². The summed E-state index contributed by atoms with van der Waals surface area (Å²) in [6, 6.07) is 7.20. The minimum Gasteiger partial charge on any atom is -0.467 e. The number of amides is 1. The number of esters is 1. The maximum atomic E-state index is 13.3. The second kappa shape index (κ2) is 9.54. The molecule has 0 saturated carbocycles. The lowest BCUT2D eigenvalue weighted by atomic mass is 9.94. The average molecular weight is 498 g/mol. The number of hydrogen-bond acceptors (Lipinski definition) is 7. The number of aromatic nitrogens is 2. The van der Waals surface area contributed by atoms with Crippen molar-refractivity contribution in [2.45, 2.75) is 63.3 Å². The SMILES string of the molecule is CCn1c(SCC(=O)N2Cc3ccccc3C[C@@H]2C(=O)OC)nc2sc3c(c2c1=O)CCCC3. The molecule has 0 fully saturated rings. The zero-order valence-corrected chi connectivity index (χ0v) is 21.0. The molecule has 0 saturated heterocycles. The zero-order chi connectivity index (χ0) is 23.8. The van der Waals surface area contributed by atoms with Crippen LogP contribution in [0.5, 0.6) is 0 Å². The Kier molecular flexibility index (Phi) is 6.48. The number of methoxy groups -OCH3 is 1. The predicted molar refractivity (Wildman–Crippen MR) is 133 cm³/mol. The van der Waals surface area contributed by atoms with Crippen LogP contribution in [0.2, 0.25) is 0 Å². The molecule has 2 aromatic heterocycles. The Morgan fingerprint density at radius 3 is 2.74 bits per heavy atom. The van der Waals surface area contributed by atoms with E-state index in [1.807, 2.05) is 31.2 Å². The molecule has 0 N–H and O–H groups in total. The Labute approximate surface area is 206 Å². The summed E-state index contributed by atoms with van der Waals surface area (Å²) in [5.41, 5.74) is 3.26. The highest BCUT2D eigenvalue weighted by Crippen LogP contribution is 2.35. The summed E-state index contributed by atoms with van der Waals surface area (Å²) in [4.78, 5) is 47.6. The fourth-order valence-corrected chi connectivity index (χ4v) is 7.20. The third kappa shape index (κ3) is 4.05. The Morgan fingerprint density at radius 2 is 1.97 bits per heavy atom. The van der Waals surface area contributed by atoms with Gasteiger partial charge in [-0.2, -0.15) is 0 Å². The smallest absolute Gasteiger partial charge is 0.328 e. The molecule has 34 heavy (non-hydrogen) atoms. The molecule has 3 heterocycles. The number of benzene rings is 1. The van der Waals surface area contributed by atoms with Crippen molar-refractivity contribution in [3.8, 4) is 0 Å². The van der Waals surface area contributed by atoms with E-state index in [1.54, 1.807) is 20.8 Å². The van der Waals surface area contributed by atoms with Crippen LogP contribution < -0.4 is 5.56 Å². The first-order chi connectivity index (χ1) is 16.5. The third-order valence-electron chi connectivity index (χ3n) is 6.72. The Bertz CT molecular complexity index is 1330. The van der Waals surface area contributed by atoms with Gasteiger partial charge in [-0.25, -0.2) is 9.78 Å². The molecule has 0 radical (unpaired) electrons. The van der Waals surface area contributed by atoms with E-state index in [9.17, 15) is 14.4 Å². The number of thioether (sulfide) groups is 1. The van der Waals surface area contributed by atoms with Gasteiger partial charge in [0.1, 0.15) is 10.9 Å². The highest BCUT2D eigenvalue weighted by atomic mass is 32.2. The standard InChI is InChI=1S/C25H27N3O4S2/c1-3-27-23(30)21-17-10-6-7-11-19(17)34-22(21)26-25(27)33-14-20(29)28-13-16-9-5-4-8-15(16)12-18(28)24(31)32-2/h4-5,8-9,18H,3,6-7,10-14H2,1-2H3/t18-/m1/s1. The maximum absolute atomic E-state index is 13.3. The van der Waals surface area contributed by atoms with Gasteiger partial charge in [0.2, 0.25) is 5.91 Å². The Balaban J connectivity index is 1.42. The Morgan fingerprint density at radius 1 is 1.21 bits per heavy atom. The van der Waals surface area contributed by atoms with Gasteiger partial charge in [0.15, 0.2) is 5.16 Å². The summed E-state index contributed by atoms with van der Waals surface area (Å²) in [5.74, 6) is -0.488. The van der Waals surface area contributed by atoms with Crippen LogP contribution in [0.1, 0.15) is 41.3 Å². The lowest BCUT2D eigenvalue weighted by Gasteiger charge is -2.35.